The summed E-state index contributed by atoms with van der Waals surface area (Å²) in [5, 5.41) is 9.50. The number of carboxylic acids is 1. The van der Waals surface area contributed by atoms with Gasteiger partial charge in [-0.15, -0.1) is 0 Å². The van der Waals surface area contributed by atoms with E-state index in [1.807, 2.05) is 26.0 Å². The number of hydrogen-bond donors (Lipinski definition) is 1. The SMILES string of the molecule is Cc1ccc(S(=O)(=O)N(c2c(C)cc(C)cc2C)C(C)C(=O)O)cc1. The Balaban J connectivity index is 2.74. The van der Waals surface area contributed by atoms with Crippen LogP contribution >= 0.6 is 0 Å². The minimum absolute atomic E-state index is 0.0746. The number of aliphatic carboxylic acids is 1. The number of benzene rings is 2. The molecule has 1 atom stereocenters. The minimum Gasteiger partial charge on any atom is -0.480 e. The zero-order chi connectivity index (χ0) is 18.9. The molecule has 6 heteroatoms. The zero-order valence-electron chi connectivity index (χ0n) is 15.1. The highest BCUT2D eigenvalue weighted by Crippen LogP contribution is 2.33. The molecule has 2 aromatic carbocycles. The molecule has 0 spiro atoms. The fraction of sp³-hybridized carbons (Fsp3) is 0.316. The van der Waals surface area contributed by atoms with Gasteiger partial charge in [-0.2, -0.15) is 0 Å². The van der Waals surface area contributed by atoms with Crippen LogP contribution in [0.3, 0.4) is 0 Å². The number of hydrogen-bond acceptors (Lipinski definition) is 3. The highest BCUT2D eigenvalue weighted by molar-refractivity contribution is 7.93. The topological polar surface area (TPSA) is 74.7 Å². The largest absolute Gasteiger partial charge is 0.480 e. The Bertz CT molecular complexity index is 879. The maximum Gasteiger partial charge on any atom is 0.327 e. The normalized spacial score (nSPS) is 12.7. The van der Waals surface area contributed by atoms with Crippen LogP contribution in [-0.4, -0.2) is 25.5 Å². The number of rotatable bonds is 5. The van der Waals surface area contributed by atoms with E-state index in [2.05, 4.69) is 0 Å². The quantitative estimate of drug-likeness (QED) is 0.883. The number of nitrogens with zero attached hydrogens (tertiary/aromatic N) is 1. The van der Waals surface area contributed by atoms with Crippen LogP contribution in [-0.2, 0) is 14.8 Å². The summed E-state index contributed by atoms with van der Waals surface area (Å²) in [5.41, 5.74) is 3.79. The summed E-state index contributed by atoms with van der Waals surface area (Å²) in [4.78, 5) is 11.7. The molecule has 0 fully saturated rings. The van der Waals surface area contributed by atoms with Crippen molar-refractivity contribution >= 4 is 21.7 Å². The number of carboxylic acid groups (broad SMARTS) is 1. The Morgan fingerprint density at radius 3 is 1.88 bits per heavy atom. The second kappa shape index (κ2) is 6.88. The molecular weight excluding hydrogens is 338 g/mol. The van der Waals surface area contributed by atoms with Gasteiger partial charge in [0, 0.05) is 0 Å². The molecule has 0 amide bonds. The van der Waals surface area contributed by atoms with E-state index in [0.29, 0.717) is 5.69 Å². The standard InChI is InChI=1S/C19H23NO4S/c1-12-6-8-17(9-7-12)25(23,24)20(16(5)19(21)22)18-14(3)10-13(2)11-15(18)4/h6-11,16H,1-5H3,(H,21,22). The first-order valence-electron chi connectivity index (χ1n) is 7.97. The zero-order valence-corrected chi connectivity index (χ0v) is 15.9. The lowest BCUT2D eigenvalue weighted by atomic mass is 10.0. The lowest BCUT2D eigenvalue weighted by Crippen LogP contribution is -2.44. The lowest BCUT2D eigenvalue weighted by molar-refractivity contribution is -0.137. The third-order valence-electron chi connectivity index (χ3n) is 4.14. The molecular formula is C19H23NO4S. The van der Waals surface area contributed by atoms with E-state index in [-0.39, 0.29) is 4.90 Å². The molecule has 5 nitrogen and oxygen atoms in total. The van der Waals surface area contributed by atoms with E-state index < -0.39 is 22.0 Å². The van der Waals surface area contributed by atoms with Gasteiger partial charge in [-0.05, 0) is 57.9 Å². The molecule has 0 heterocycles. The number of carbonyl (C=O) groups is 1. The molecule has 0 saturated heterocycles. The summed E-state index contributed by atoms with van der Waals surface area (Å²) < 4.78 is 27.5. The first-order chi connectivity index (χ1) is 11.6. The van der Waals surface area contributed by atoms with Crippen molar-refractivity contribution in [2.75, 3.05) is 4.31 Å². The van der Waals surface area contributed by atoms with Crippen LogP contribution in [0.25, 0.3) is 0 Å². The molecule has 0 bridgehead atoms. The van der Waals surface area contributed by atoms with Crippen molar-refractivity contribution in [3.05, 3.63) is 58.7 Å². The monoisotopic (exact) mass is 361 g/mol. The van der Waals surface area contributed by atoms with Gasteiger partial charge in [0.15, 0.2) is 0 Å². The van der Waals surface area contributed by atoms with Crippen molar-refractivity contribution in [1.82, 2.24) is 0 Å². The molecule has 0 aliphatic heterocycles. The van der Waals surface area contributed by atoms with Crippen molar-refractivity contribution in [1.29, 1.82) is 0 Å². The predicted molar refractivity (Wildman–Crippen MR) is 98.6 cm³/mol. The molecule has 2 rings (SSSR count). The van der Waals surface area contributed by atoms with E-state index in [1.54, 1.807) is 26.0 Å². The molecule has 134 valence electrons. The summed E-state index contributed by atoms with van der Waals surface area (Å²) >= 11 is 0. The number of anilines is 1. The summed E-state index contributed by atoms with van der Waals surface area (Å²) in [6.45, 7) is 8.75. The maximum absolute atomic E-state index is 13.2. The number of sulfonamides is 1. The van der Waals surface area contributed by atoms with Crippen LogP contribution in [0.1, 0.15) is 29.2 Å². The van der Waals surface area contributed by atoms with Gasteiger partial charge in [-0.1, -0.05) is 35.4 Å². The van der Waals surface area contributed by atoms with E-state index in [9.17, 15) is 18.3 Å². The third kappa shape index (κ3) is 3.69. The molecule has 0 aromatic heterocycles. The fourth-order valence-corrected chi connectivity index (χ4v) is 4.71. The van der Waals surface area contributed by atoms with Gasteiger partial charge in [0.1, 0.15) is 6.04 Å². The van der Waals surface area contributed by atoms with Gasteiger partial charge in [0.25, 0.3) is 10.0 Å². The molecule has 0 aliphatic rings. The Kier molecular flexibility index (Phi) is 5.23. The van der Waals surface area contributed by atoms with Crippen LogP contribution < -0.4 is 4.31 Å². The Hall–Kier alpha value is -2.34. The molecule has 1 N–H and O–H groups in total. The predicted octanol–water partition coefficient (Wildman–Crippen LogP) is 3.59. The Morgan fingerprint density at radius 2 is 1.44 bits per heavy atom. The van der Waals surface area contributed by atoms with E-state index >= 15 is 0 Å². The van der Waals surface area contributed by atoms with Gasteiger partial charge < -0.3 is 5.11 Å². The molecule has 25 heavy (non-hydrogen) atoms. The van der Waals surface area contributed by atoms with Gasteiger partial charge >= 0.3 is 5.97 Å². The van der Waals surface area contributed by atoms with Gasteiger partial charge in [0.2, 0.25) is 0 Å². The Morgan fingerprint density at radius 1 is 0.960 bits per heavy atom. The van der Waals surface area contributed by atoms with Crippen molar-refractivity contribution < 1.29 is 18.3 Å². The maximum atomic E-state index is 13.2. The average molecular weight is 361 g/mol. The van der Waals surface area contributed by atoms with Crippen molar-refractivity contribution in [2.45, 2.75) is 45.6 Å². The van der Waals surface area contributed by atoms with E-state index in [1.165, 1.54) is 19.1 Å². The van der Waals surface area contributed by atoms with E-state index in [4.69, 9.17) is 0 Å². The summed E-state index contributed by atoms with van der Waals surface area (Å²) in [5.74, 6) is -1.20. The van der Waals surface area contributed by atoms with Gasteiger partial charge in [-0.25, -0.2) is 13.2 Å². The molecule has 1 unspecified atom stereocenters. The second-order valence-electron chi connectivity index (χ2n) is 6.38. The van der Waals surface area contributed by atoms with Crippen LogP contribution in [0.4, 0.5) is 5.69 Å². The van der Waals surface area contributed by atoms with Gasteiger partial charge in [-0.3, -0.25) is 4.31 Å². The second-order valence-corrected chi connectivity index (χ2v) is 8.19. The minimum atomic E-state index is -4.02. The first-order valence-corrected chi connectivity index (χ1v) is 9.41. The highest BCUT2D eigenvalue weighted by atomic mass is 32.2. The van der Waals surface area contributed by atoms with Crippen LogP contribution in [0, 0.1) is 27.7 Å². The Labute approximate surface area is 149 Å². The molecule has 0 saturated carbocycles. The summed E-state index contributed by atoms with van der Waals surface area (Å²) in [7, 11) is -4.02. The van der Waals surface area contributed by atoms with Crippen molar-refractivity contribution in [2.24, 2.45) is 0 Å². The van der Waals surface area contributed by atoms with Crippen molar-refractivity contribution in [3.63, 3.8) is 0 Å². The highest BCUT2D eigenvalue weighted by Gasteiger charge is 2.35. The first kappa shape index (κ1) is 19.0. The average Bonchev–Trinajstić information content (AvgIpc) is 2.50. The number of aryl methyl sites for hydroxylation is 4. The third-order valence-corrected chi connectivity index (χ3v) is 6.03. The van der Waals surface area contributed by atoms with Gasteiger partial charge in [0.05, 0.1) is 10.6 Å². The summed E-state index contributed by atoms with van der Waals surface area (Å²) in [6, 6.07) is 8.89. The fourth-order valence-electron chi connectivity index (χ4n) is 2.97. The van der Waals surface area contributed by atoms with Crippen LogP contribution in [0.2, 0.25) is 0 Å². The molecule has 2 aromatic rings. The van der Waals surface area contributed by atoms with Crippen LogP contribution in [0.5, 0.6) is 0 Å². The van der Waals surface area contributed by atoms with E-state index in [0.717, 1.165) is 26.6 Å². The lowest BCUT2D eigenvalue weighted by Gasteiger charge is -2.31. The molecule has 0 aliphatic carbocycles. The van der Waals surface area contributed by atoms with Crippen molar-refractivity contribution in [3.8, 4) is 0 Å². The smallest absolute Gasteiger partial charge is 0.327 e. The summed E-state index contributed by atoms with van der Waals surface area (Å²) in [6.07, 6.45) is 0. The molecule has 0 radical (unpaired) electrons. The van der Waals surface area contributed by atoms with Crippen LogP contribution in [0.15, 0.2) is 41.3 Å².